The average Bonchev–Trinajstić information content (AvgIpc) is 2.75. The van der Waals surface area contributed by atoms with Crippen LogP contribution in [-0.2, 0) is 12.8 Å². The number of ether oxygens (including phenoxy) is 2. The fourth-order valence-corrected chi connectivity index (χ4v) is 3.07. The zero-order valence-electron chi connectivity index (χ0n) is 18.0. The van der Waals surface area contributed by atoms with Crippen molar-refractivity contribution in [3.05, 3.63) is 88.5 Å². The van der Waals surface area contributed by atoms with Crippen LogP contribution in [0.4, 0.5) is 18.9 Å². The van der Waals surface area contributed by atoms with E-state index in [0.29, 0.717) is 23.7 Å². The topological polar surface area (TPSA) is 47.6 Å². The van der Waals surface area contributed by atoms with Gasteiger partial charge in [0.05, 0.1) is 12.2 Å². The van der Waals surface area contributed by atoms with E-state index in [2.05, 4.69) is 5.32 Å². The summed E-state index contributed by atoms with van der Waals surface area (Å²) in [5, 5.41) is 2.52. The second-order valence-electron chi connectivity index (χ2n) is 7.32. The van der Waals surface area contributed by atoms with Crippen LogP contribution < -0.4 is 14.8 Å². The second kappa shape index (κ2) is 9.77. The van der Waals surface area contributed by atoms with Crippen LogP contribution in [0.5, 0.6) is 11.5 Å². The van der Waals surface area contributed by atoms with Gasteiger partial charge in [-0.3, -0.25) is 4.79 Å². The summed E-state index contributed by atoms with van der Waals surface area (Å²) in [5.41, 5.74) is 2.42. The van der Waals surface area contributed by atoms with E-state index in [1.165, 1.54) is 12.1 Å². The molecule has 0 fully saturated rings. The van der Waals surface area contributed by atoms with Gasteiger partial charge in [-0.05, 0) is 80.4 Å². The lowest BCUT2D eigenvalue weighted by atomic mass is 10.1. The van der Waals surface area contributed by atoms with Gasteiger partial charge in [-0.2, -0.15) is 13.2 Å². The largest absolute Gasteiger partial charge is 0.493 e. The molecule has 0 aliphatic carbocycles. The first kappa shape index (κ1) is 23.2. The van der Waals surface area contributed by atoms with Gasteiger partial charge in [0.15, 0.2) is 0 Å². The highest BCUT2D eigenvalue weighted by atomic mass is 19.4. The number of carbonyl (C=O) groups excluding carboxylic acids is 1. The molecule has 0 bridgehead atoms. The molecule has 0 atom stereocenters. The number of alkyl halides is 3. The third-order valence-electron chi connectivity index (χ3n) is 4.94. The van der Waals surface area contributed by atoms with Crippen molar-refractivity contribution in [3.63, 3.8) is 0 Å². The highest BCUT2D eigenvalue weighted by Gasteiger charge is 2.30. The van der Waals surface area contributed by atoms with Crippen molar-refractivity contribution in [2.75, 3.05) is 11.9 Å². The summed E-state index contributed by atoms with van der Waals surface area (Å²) >= 11 is 0. The monoisotopic (exact) mass is 443 g/mol. The number of rotatable bonds is 7. The first-order chi connectivity index (χ1) is 15.2. The van der Waals surface area contributed by atoms with Crippen molar-refractivity contribution in [1.82, 2.24) is 0 Å². The Morgan fingerprint density at radius 1 is 0.938 bits per heavy atom. The van der Waals surface area contributed by atoms with E-state index in [1.54, 1.807) is 18.2 Å². The smallest absolute Gasteiger partial charge is 0.416 e. The Bertz CT molecular complexity index is 1110. The molecule has 0 aliphatic rings. The summed E-state index contributed by atoms with van der Waals surface area (Å²) in [6.45, 7) is 6.46. The molecule has 0 spiro atoms. The van der Waals surface area contributed by atoms with E-state index in [1.807, 2.05) is 39.0 Å². The lowest BCUT2D eigenvalue weighted by Crippen LogP contribution is -2.14. The third-order valence-corrected chi connectivity index (χ3v) is 4.94. The molecule has 4 nitrogen and oxygen atoms in total. The summed E-state index contributed by atoms with van der Waals surface area (Å²) < 4.78 is 50.3. The van der Waals surface area contributed by atoms with Crippen LogP contribution in [0, 0.1) is 13.8 Å². The number of aryl methyl sites for hydroxylation is 2. The molecule has 0 saturated carbocycles. The first-order valence-electron chi connectivity index (χ1n) is 10.1. The Kier molecular flexibility index (Phi) is 7.08. The standard InChI is InChI=1S/C25H24F3NO3/c1-4-31-23-11-9-18(13-19(23)15-32-22-10-8-16(2)17(3)12-22)24(30)29-21-7-5-6-20(14-21)25(26,27)28/h5-14H,4,15H2,1-3H3,(H,29,30). The summed E-state index contributed by atoms with van der Waals surface area (Å²) in [5.74, 6) is 0.737. The number of nitrogens with one attached hydrogen (secondary N) is 1. The van der Waals surface area contributed by atoms with Crippen LogP contribution in [-0.4, -0.2) is 12.5 Å². The summed E-state index contributed by atoms with van der Waals surface area (Å²) in [6.07, 6.45) is -4.49. The SMILES string of the molecule is CCOc1ccc(C(=O)Nc2cccc(C(F)(F)F)c2)cc1COc1ccc(C)c(C)c1. The predicted molar refractivity (Wildman–Crippen MR) is 117 cm³/mol. The van der Waals surface area contributed by atoms with Gasteiger partial charge in [0, 0.05) is 16.8 Å². The average molecular weight is 443 g/mol. The van der Waals surface area contributed by atoms with Crippen LogP contribution in [0.25, 0.3) is 0 Å². The highest BCUT2D eigenvalue weighted by Crippen LogP contribution is 2.31. The number of amides is 1. The molecule has 168 valence electrons. The van der Waals surface area contributed by atoms with Gasteiger partial charge < -0.3 is 14.8 Å². The molecule has 0 unspecified atom stereocenters. The maximum absolute atomic E-state index is 12.9. The van der Waals surface area contributed by atoms with Crippen molar-refractivity contribution in [1.29, 1.82) is 0 Å². The summed E-state index contributed by atoms with van der Waals surface area (Å²) in [6, 6.07) is 15.1. The van der Waals surface area contributed by atoms with E-state index in [4.69, 9.17) is 9.47 Å². The van der Waals surface area contributed by atoms with Gasteiger partial charge in [0.1, 0.15) is 18.1 Å². The quantitative estimate of drug-likeness (QED) is 0.450. The molecule has 0 aromatic heterocycles. The molecule has 1 amide bonds. The van der Waals surface area contributed by atoms with Crippen molar-refractivity contribution in [2.45, 2.75) is 33.6 Å². The van der Waals surface area contributed by atoms with Crippen LogP contribution in [0.15, 0.2) is 60.7 Å². The van der Waals surface area contributed by atoms with Gasteiger partial charge in [-0.25, -0.2) is 0 Å². The Hall–Kier alpha value is -3.48. The summed E-state index contributed by atoms with van der Waals surface area (Å²) in [4.78, 5) is 12.7. The minimum Gasteiger partial charge on any atom is -0.493 e. The number of hydrogen-bond donors (Lipinski definition) is 1. The fourth-order valence-electron chi connectivity index (χ4n) is 3.07. The van der Waals surface area contributed by atoms with E-state index in [0.717, 1.165) is 23.3 Å². The molecule has 3 rings (SSSR count). The minimum atomic E-state index is -4.49. The molecular weight excluding hydrogens is 419 g/mol. The predicted octanol–water partition coefficient (Wildman–Crippen LogP) is 6.55. The Labute approximate surface area is 185 Å². The second-order valence-corrected chi connectivity index (χ2v) is 7.32. The minimum absolute atomic E-state index is 0.0617. The number of anilines is 1. The normalized spacial score (nSPS) is 11.2. The molecule has 3 aromatic rings. The lowest BCUT2D eigenvalue weighted by Gasteiger charge is -2.14. The van der Waals surface area contributed by atoms with Crippen molar-refractivity contribution in [3.8, 4) is 11.5 Å². The Morgan fingerprint density at radius 3 is 2.41 bits per heavy atom. The third kappa shape index (κ3) is 5.81. The van der Waals surface area contributed by atoms with Gasteiger partial charge in [0.2, 0.25) is 0 Å². The maximum atomic E-state index is 12.9. The molecule has 0 saturated heterocycles. The van der Waals surface area contributed by atoms with Gasteiger partial charge in [-0.1, -0.05) is 12.1 Å². The fraction of sp³-hybridized carbons (Fsp3) is 0.240. The van der Waals surface area contributed by atoms with Crippen molar-refractivity contribution >= 4 is 11.6 Å². The Morgan fingerprint density at radius 2 is 1.72 bits per heavy atom. The molecule has 0 aliphatic heterocycles. The Balaban J connectivity index is 1.79. The molecular formula is C25H24F3NO3. The number of carbonyl (C=O) groups is 1. The van der Waals surface area contributed by atoms with Crippen LogP contribution >= 0.6 is 0 Å². The van der Waals surface area contributed by atoms with Crippen molar-refractivity contribution in [2.24, 2.45) is 0 Å². The van der Waals surface area contributed by atoms with Gasteiger partial charge >= 0.3 is 6.18 Å². The molecule has 3 aromatic carbocycles. The number of halogens is 3. The number of hydrogen-bond acceptors (Lipinski definition) is 3. The van der Waals surface area contributed by atoms with E-state index in [-0.39, 0.29) is 17.9 Å². The van der Waals surface area contributed by atoms with Gasteiger partial charge in [-0.15, -0.1) is 0 Å². The molecule has 1 N–H and O–H groups in total. The van der Waals surface area contributed by atoms with E-state index in [9.17, 15) is 18.0 Å². The van der Waals surface area contributed by atoms with Crippen LogP contribution in [0.2, 0.25) is 0 Å². The maximum Gasteiger partial charge on any atom is 0.416 e. The molecule has 32 heavy (non-hydrogen) atoms. The molecule has 7 heteroatoms. The zero-order valence-corrected chi connectivity index (χ0v) is 18.0. The number of benzene rings is 3. The van der Waals surface area contributed by atoms with E-state index < -0.39 is 17.6 Å². The van der Waals surface area contributed by atoms with E-state index >= 15 is 0 Å². The lowest BCUT2D eigenvalue weighted by molar-refractivity contribution is -0.137. The van der Waals surface area contributed by atoms with Crippen molar-refractivity contribution < 1.29 is 27.4 Å². The van der Waals surface area contributed by atoms with Crippen LogP contribution in [0.1, 0.15) is 39.5 Å². The van der Waals surface area contributed by atoms with Crippen LogP contribution in [0.3, 0.4) is 0 Å². The summed E-state index contributed by atoms with van der Waals surface area (Å²) in [7, 11) is 0. The zero-order chi connectivity index (χ0) is 23.3. The van der Waals surface area contributed by atoms with Gasteiger partial charge in [0.25, 0.3) is 5.91 Å². The molecule has 0 heterocycles. The first-order valence-corrected chi connectivity index (χ1v) is 10.1. The molecule has 0 radical (unpaired) electrons. The highest BCUT2D eigenvalue weighted by molar-refractivity contribution is 6.04.